The molecule has 0 aliphatic carbocycles. The van der Waals surface area contributed by atoms with Crippen LogP contribution in [0.4, 0.5) is 8.78 Å². The number of carboxylic acid groups (broad SMARTS) is 1. The summed E-state index contributed by atoms with van der Waals surface area (Å²) < 4.78 is 24.7. The van der Waals surface area contributed by atoms with Crippen LogP contribution in [-0.4, -0.2) is 34.4 Å². The Hall–Kier alpha value is -2.35. The van der Waals surface area contributed by atoms with E-state index < -0.39 is 30.8 Å². The molecule has 1 amide bonds. The fourth-order valence-corrected chi connectivity index (χ4v) is 2.66. The second kappa shape index (κ2) is 7.28. The number of halogens is 2. The third kappa shape index (κ3) is 4.32. The summed E-state index contributed by atoms with van der Waals surface area (Å²) in [7, 11) is 0. The number of aryl methyl sites for hydroxylation is 1. The Kier molecular flexibility index (Phi) is 5.38. The minimum atomic E-state index is -2.82. The molecule has 0 aromatic carbocycles. The molecule has 2 N–H and O–H groups in total. The van der Waals surface area contributed by atoms with Gasteiger partial charge < -0.3 is 10.4 Å². The van der Waals surface area contributed by atoms with E-state index in [2.05, 4.69) is 10.3 Å². The summed E-state index contributed by atoms with van der Waals surface area (Å²) in [5, 5.41) is 14.8. The van der Waals surface area contributed by atoms with Gasteiger partial charge in [0.05, 0.1) is 17.0 Å². The fraction of sp³-hybridized carbons (Fsp3) is 0.267. The van der Waals surface area contributed by atoms with Gasteiger partial charge >= 0.3 is 5.97 Å². The number of carboxylic acids is 1. The molecule has 0 saturated heterocycles. The van der Waals surface area contributed by atoms with Crippen LogP contribution in [0.1, 0.15) is 22.5 Å². The first-order valence-electron chi connectivity index (χ1n) is 6.70. The minimum absolute atomic E-state index is 0.157. The maximum Gasteiger partial charge on any atom is 0.326 e. The van der Waals surface area contributed by atoms with Crippen LogP contribution in [0.25, 0.3) is 11.3 Å². The molecule has 0 saturated carbocycles. The first-order valence-corrected chi connectivity index (χ1v) is 7.64. The van der Waals surface area contributed by atoms with Crippen molar-refractivity contribution in [1.82, 2.24) is 10.3 Å². The van der Waals surface area contributed by atoms with E-state index in [0.29, 0.717) is 11.4 Å². The van der Waals surface area contributed by atoms with E-state index in [9.17, 15) is 18.4 Å². The van der Waals surface area contributed by atoms with Crippen molar-refractivity contribution >= 4 is 23.2 Å². The summed E-state index contributed by atoms with van der Waals surface area (Å²) in [5.74, 6) is -2.24. The van der Waals surface area contributed by atoms with Crippen LogP contribution in [0.15, 0.2) is 29.0 Å². The molecule has 0 fully saturated rings. The maximum atomic E-state index is 12.4. The van der Waals surface area contributed by atoms with E-state index in [0.717, 1.165) is 5.56 Å². The highest BCUT2D eigenvalue weighted by Crippen LogP contribution is 2.21. The molecule has 2 aromatic rings. The number of thiophene rings is 1. The van der Waals surface area contributed by atoms with Gasteiger partial charge in [-0.05, 0) is 30.5 Å². The molecule has 2 rings (SSSR count). The molecule has 122 valence electrons. The zero-order valence-corrected chi connectivity index (χ0v) is 12.9. The van der Waals surface area contributed by atoms with Gasteiger partial charge in [-0.3, -0.25) is 9.78 Å². The molecule has 23 heavy (non-hydrogen) atoms. The molecule has 2 heterocycles. The summed E-state index contributed by atoms with van der Waals surface area (Å²) in [6.45, 7) is 1.60. The smallest absolute Gasteiger partial charge is 0.326 e. The number of hydrogen-bond donors (Lipinski definition) is 2. The molecular formula is C15H14F2N2O3S. The van der Waals surface area contributed by atoms with Gasteiger partial charge in [0.1, 0.15) is 6.04 Å². The molecule has 0 spiro atoms. The molecule has 0 bridgehead atoms. The Bertz CT molecular complexity index is 705. The molecule has 2 aromatic heterocycles. The van der Waals surface area contributed by atoms with Crippen LogP contribution in [0.5, 0.6) is 0 Å². The van der Waals surface area contributed by atoms with Gasteiger partial charge in [-0.1, -0.05) is 0 Å². The molecule has 5 nitrogen and oxygen atoms in total. The van der Waals surface area contributed by atoms with Crippen LogP contribution in [-0.2, 0) is 4.79 Å². The van der Waals surface area contributed by atoms with Crippen LogP contribution in [0.2, 0.25) is 0 Å². The number of nitrogens with zero attached hydrogens (tertiary/aromatic N) is 1. The van der Waals surface area contributed by atoms with Crippen molar-refractivity contribution in [3.05, 3.63) is 40.2 Å². The van der Waals surface area contributed by atoms with E-state index in [4.69, 9.17) is 5.11 Å². The number of aliphatic carboxylic acids is 1. The third-order valence-corrected chi connectivity index (χ3v) is 3.85. The Morgan fingerprint density at radius 1 is 1.35 bits per heavy atom. The SMILES string of the molecule is Cc1nc(-c2ccsc2)ccc1C(=O)NC(CC(F)F)C(=O)O. The summed E-state index contributed by atoms with van der Waals surface area (Å²) in [5.41, 5.74) is 2.14. The van der Waals surface area contributed by atoms with Crippen LogP contribution in [0.3, 0.4) is 0 Å². The molecular weight excluding hydrogens is 326 g/mol. The largest absolute Gasteiger partial charge is 0.480 e. The second-order valence-electron chi connectivity index (χ2n) is 4.83. The Morgan fingerprint density at radius 3 is 2.61 bits per heavy atom. The molecule has 8 heteroatoms. The van der Waals surface area contributed by atoms with Gasteiger partial charge in [-0.2, -0.15) is 11.3 Å². The van der Waals surface area contributed by atoms with Gasteiger partial charge in [-0.25, -0.2) is 13.6 Å². The molecule has 1 unspecified atom stereocenters. The number of amides is 1. The lowest BCUT2D eigenvalue weighted by atomic mass is 10.1. The van der Waals surface area contributed by atoms with Crippen LogP contribution < -0.4 is 5.32 Å². The standard InChI is InChI=1S/C15H14F2N2O3S/c1-8-10(2-3-11(18-8)9-4-5-23-7-9)14(20)19-12(15(21)22)6-13(16)17/h2-5,7,12-13H,6H2,1H3,(H,19,20)(H,21,22). The van der Waals surface area contributed by atoms with E-state index in [-0.39, 0.29) is 5.56 Å². The monoisotopic (exact) mass is 340 g/mol. The minimum Gasteiger partial charge on any atom is -0.480 e. The highest BCUT2D eigenvalue weighted by Gasteiger charge is 2.25. The maximum absolute atomic E-state index is 12.4. The predicted octanol–water partition coefficient (Wildman–Crippen LogP) is 2.96. The summed E-state index contributed by atoms with van der Waals surface area (Å²) in [4.78, 5) is 27.3. The average Bonchev–Trinajstić information content (AvgIpc) is 2.99. The highest BCUT2D eigenvalue weighted by atomic mass is 32.1. The number of rotatable bonds is 6. The number of hydrogen-bond acceptors (Lipinski definition) is 4. The predicted molar refractivity (Wildman–Crippen MR) is 81.8 cm³/mol. The summed E-state index contributed by atoms with van der Waals surface area (Å²) in [6.07, 6.45) is -3.77. The van der Waals surface area contributed by atoms with E-state index >= 15 is 0 Å². The molecule has 0 aliphatic heterocycles. The highest BCUT2D eigenvalue weighted by molar-refractivity contribution is 7.08. The van der Waals surface area contributed by atoms with Crippen molar-refractivity contribution in [2.24, 2.45) is 0 Å². The van der Waals surface area contributed by atoms with Crippen molar-refractivity contribution < 1.29 is 23.5 Å². The summed E-state index contributed by atoms with van der Waals surface area (Å²) in [6, 6.07) is 3.38. The number of alkyl halides is 2. The van der Waals surface area contributed by atoms with Crippen molar-refractivity contribution in [3.8, 4) is 11.3 Å². The average molecular weight is 340 g/mol. The van der Waals surface area contributed by atoms with Gasteiger partial charge in [0.25, 0.3) is 5.91 Å². The summed E-state index contributed by atoms with van der Waals surface area (Å²) >= 11 is 1.51. The zero-order valence-electron chi connectivity index (χ0n) is 12.1. The fourth-order valence-electron chi connectivity index (χ4n) is 2.01. The Morgan fingerprint density at radius 2 is 2.09 bits per heavy atom. The number of carbonyl (C=O) groups is 2. The van der Waals surface area contributed by atoms with Crippen molar-refractivity contribution in [2.75, 3.05) is 0 Å². The van der Waals surface area contributed by atoms with E-state index in [1.807, 2.05) is 16.8 Å². The van der Waals surface area contributed by atoms with Crippen molar-refractivity contribution in [3.63, 3.8) is 0 Å². The zero-order chi connectivity index (χ0) is 17.0. The first-order chi connectivity index (χ1) is 10.9. The molecule has 0 aliphatic rings. The van der Waals surface area contributed by atoms with E-state index in [1.54, 1.807) is 13.0 Å². The van der Waals surface area contributed by atoms with Gasteiger partial charge in [-0.15, -0.1) is 0 Å². The Labute approximate surface area is 135 Å². The Balaban J connectivity index is 2.17. The van der Waals surface area contributed by atoms with Gasteiger partial charge in [0.15, 0.2) is 0 Å². The van der Waals surface area contributed by atoms with Crippen LogP contribution >= 0.6 is 11.3 Å². The topological polar surface area (TPSA) is 79.3 Å². The normalized spacial score (nSPS) is 12.2. The quantitative estimate of drug-likeness (QED) is 0.847. The van der Waals surface area contributed by atoms with E-state index in [1.165, 1.54) is 17.4 Å². The van der Waals surface area contributed by atoms with Crippen molar-refractivity contribution in [1.29, 1.82) is 0 Å². The number of carbonyl (C=O) groups excluding carboxylic acids is 1. The number of aromatic nitrogens is 1. The lowest BCUT2D eigenvalue weighted by Gasteiger charge is -2.15. The number of nitrogens with one attached hydrogen (secondary N) is 1. The third-order valence-electron chi connectivity index (χ3n) is 3.16. The second-order valence-corrected chi connectivity index (χ2v) is 5.61. The number of pyridine rings is 1. The van der Waals surface area contributed by atoms with Gasteiger partial charge in [0.2, 0.25) is 6.43 Å². The van der Waals surface area contributed by atoms with Crippen LogP contribution in [0, 0.1) is 6.92 Å². The van der Waals surface area contributed by atoms with Gasteiger partial charge in [0, 0.05) is 17.4 Å². The lowest BCUT2D eigenvalue weighted by molar-refractivity contribution is -0.140. The lowest BCUT2D eigenvalue weighted by Crippen LogP contribution is -2.42. The molecule has 0 radical (unpaired) electrons. The molecule has 1 atom stereocenters. The first kappa shape index (κ1) is 17.0. The van der Waals surface area contributed by atoms with Crippen molar-refractivity contribution in [2.45, 2.75) is 25.8 Å².